The number of fused-ring (bicyclic) bond motifs is 1. The Morgan fingerprint density at radius 2 is 1.76 bits per heavy atom. The highest BCUT2D eigenvalue weighted by Gasteiger charge is 2.15. The smallest absolute Gasteiger partial charge is 0.163 e. The molecule has 110 valence electrons. The zero-order valence-corrected chi connectivity index (χ0v) is 12.5. The molecule has 0 spiro atoms. The second-order valence-electron chi connectivity index (χ2n) is 4.53. The number of halogens is 3. The Labute approximate surface area is 131 Å². The van der Waals surface area contributed by atoms with E-state index in [0.717, 1.165) is 0 Å². The van der Waals surface area contributed by atoms with E-state index in [-0.39, 0.29) is 12.4 Å². The molecule has 0 atom stereocenters. The van der Waals surface area contributed by atoms with Crippen LogP contribution in [0.3, 0.4) is 0 Å². The summed E-state index contributed by atoms with van der Waals surface area (Å²) in [4.78, 5) is 0. The molecule has 2 aromatic rings. The van der Waals surface area contributed by atoms with Gasteiger partial charge >= 0.3 is 0 Å². The highest BCUT2D eigenvalue weighted by Crippen LogP contribution is 2.38. The van der Waals surface area contributed by atoms with Gasteiger partial charge in [0.05, 0.1) is 10.7 Å². The van der Waals surface area contributed by atoms with Crippen LogP contribution in [0.4, 0.5) is 10.1 Å². The standard InChI is InChI=1S/C15H12Cl2FNO2/c16-10-2-1-3-12(18)9(10)8-19-13-7-15-14(6-11(13)17)20-4-5-21-15/h1-3,6-7,19H,4-5,8H2. The highest BCUT2D eigenvalue weighted by molar-refractivity contribution is 6.33. The van der Waals surface area contributed by atoms with Gasteiger partial charge in [-0.1, -0.05) is 29.3 Å². The molecule has 0 fully saturated rings. The molecule has 1 aliphatic rings. The fourth-order valence-electron chi connectivity index (χ4n) is 2.08. The first-order chi connectivity index (χ1) is 10.1. The predicted molar refractivity (Wildman–Crippen MR) is 81.2 cm³/mol. The van der Waals surface area contributed by atoms with E-state index in [4.69, 9.17) is 32.7 Å². The fraction of sp³-hybridized carbons (Fsp3) is 0.200. The van der Waals surface area contributed by atoms with Crippen molar-refractivity contribution >= 4 is 28.9 Å². The zero-order valence-electron chi connectivity index (χ0n) is 11.0. The summed E-state index contributed by atoms with van der Waals surface area (Å²) in [7, 11) is 0. The summed E-state index contributed by atoms with van der Waals surface area (Å²) >= 11 is 12.2. The number of nitrogens with one attached hydrogen (secondary N) is 1. The molecule has 1 aliphatic heterocycles. The fourth-order valence-corrected chi connectivity index (χ4v) is 2.53. The molecule has 0 saturated heterocycles. The highest BCUT2D eigenvalue weighted by atomic mass is 35.5. The van der Waals surface area contributed by atoms with E-state index >= 15 is 0 Å². The molecule has 21 heavy (non-hydrogen) atoms. The van der Waals surface area contributed by atoms with Crippen LogP contribution < -0.4 is 14.8 Å². The Kier molecular flexibility index (Phi) is 4.08. The van der Waals surface area contributed by atoms with Crippen molar-refractivity contribution in [2.75, 3.05) is 18.5 Å². The number of hydrogen-bond acceptors (Lipinski definition) is 3. The lowest BCUT2D eigenvalue weighted by Gasteiger charge is -2.20. The molecule has 0 radical (unpaired) electrons. The van der Waals surface area contributed by atoms with Crippen LogP contribution in [-0.2, 0) is 6.54 Å². The Morgan fingerprint density at radius 3 is 2.48 bits per heavy atom. The van der Waals surface area contributed by atoms with E-state index in [1.807, 2.05) is 0 Å². The first-order valence-electron chi connectivity index (χ1n) is 6.41. The summed E-state index contributed by atoms with van der Waals surface area (Å²) < 4.78 is 24.7. The first-order valence-corrected chi connectivity index (χ1v) is 7.16. The molecule has 3 rings (SSSR count). The van der Waals surface area contributed by atoms with Crippen molar-refractivity contribution in [2.24, 2.45) is 0 Å². The second-order valence-corrected chi connectivity index (χ2v) is 5.34. The Hall–Kier alpha value is -1.65. The average molecular weight is 328 g/mol. The maximum Gasteiger partial charge on any atom is 0.163 e. The summed E-state index contributed by atoms with van der Waals surface area (Å²) in [6, 6.07) is 8.01. The second kappa shape index (κ2) is 6.00. The summed E-state index contributed by atoms with van der Waals surface area (Å²) in [6.07, 6.45) is 0. The maximum atomic E-state index is 13.7. The molecule has 1 N–H and O–H groups in total. The van der Waals surface area contributed by atoms with Gasteiger partial charge in [0.25, 0.3) is 0 Å². The van der Waals surface area contributed by atoms with Gasteiger partial charge in [-0.2, -0.15) is 0 Å². The van der Waals surface area contributed by atoms with Crippen LogP contribution in [-0.4, -0.2) is 13.2 Å². The summed E-state index contributed by atoms with van der Waals surface area (Å²) in [5.41, 5.74) is 1.03. The van der Waals surface area contributed by atoms with Crippen LogP contribution in [0.5, 0.6) is 11.5 Å². The minimum absolute atomic E-state index is 0.227. The van der Waals surface area contributed by atoms with Crippen molar-refractivity contribution in [1.29, 1.82) is 0 Å². The quantitative estimate of drug-likeness (QED) is 0.899. The SMILES string of the molecule is Fc1cccc(Cl)c1CNc1cc2c(cc1Cl)OCCO2. The molecule has 0 aromatic heterocycles. The third kappa shape index (κ3) is 3.01. The summed E-state index contributed by atoms with van der Waals surface area (Å²) in [5, 5.41) is 3.92. The van der Waals surface area contributed by atoms with Gasteiger partial charge < -0.3 is 14.8 Å². The molecule has 6 heteroatoms. The minimum atomic E-state index is -0.358. The van der Waals surface area contributed by atoms with Crippen molar-refractivity contribution in [1.82, 2.24) is 0 Å². The van der Waals surface area contributed by atoms with E-state index in [9.17, 15) is 4.39 Å². The molecular formula is C15H12Cl2FNO2. The van der Waals surface area contributed by atoms with Gasteiger partial charge in [0.1, 0.15) is 19.0 Å². The van der Waals surface area contributed by atoms with Gasteiger partial charge in [-0.3, -0.25) is 0 Å². The van der Waals surface area contributed by atoms with E-state index in [0.29, 0.717) is 46.0 Å². The largest absolute Gasteiger partial charge is 0.486 e. The van der Waals surface area contributed by atoms with Gasteiger partial charge in [-0.25, -0.2) is 4.39 Å². The molecule has 0 bridgehead atoms. The first kappa shape index (κ1) is 14.3. The van der Waals surface area contributed by atoms with Crippen LogP contribution in [0.25, 0.3) is 0 Å². The molecule has 1 heterocycles. The lowest BCUT2D eigenvalue weighted by Crippen LogP contribution is -2.15. The van der Waals surface area contributed by atoms with Gasteiger partial charge in [0, 0.05) is 29.3 Å². The monoisotopic (exact) mass is 327 g/mol. The molecular weight excluding hydrogens is 316 g/mol. The van der Waals surface area contributed by atoms with Crippen molar-refractivity contribution in [3.63, 3.8) is 0 Å². The molecule has 0 unspecified atom stereocenters. The van der Waals surface area contributed by atoms with E-state index in [2.05, 4.69) is 5.32 Å². The number of rotatable bonds is 3. The maximum absolute atomic E-state index is 13.7. The minimum Gasteiger partial charge on any atom is -0.486 e. The van der Waals surface area contributed by atoms with Crippen LogP contribution in [0, 0.1) is 5.82 Å². The van der Waals surface area contributed by atoms with Gasteiger partial charge in [-0.05, 0) is 12.1 Å². The van der Waals surface area contributed by atoms with Crippen LogP contribution in [0.2, 0.25) is 10.0 Å². The summed E-state index contributed by atoms with van der Waals surface area (Å²) in [5.74, 6) is 0.872. The van der Waals surface area contributed by atoms with Gasteiger partial charge in [-0.15, -0.1) is 0 Å². The van der Waals surface area contributed by atoms with Crippen molar-refractivity contribution in [2.45, 2.75) is 6.54 Å². The summed E-state index contributed by atoms with van der Waals surface area (Å²) in [6.45, 7) is 1.22. The molecule has 0 saturated carbocycles. The topological polar surface area (TPSA) is 30.5 Å². The van der Waals surface area contributed by atoms with Crippen LogP contribution >= 0.6 is 23.2 Å². The molecule has 3 nitrogen and oxygen atoms in total. The number of benzene rings is 2. The molecule has 0 aliphatic carbocycles. The Balaban J connectivity index is 1.82. The Morgan fingerprint density at radius 1 is 1.05 bits per heavy atom. The number of hydrogen-bond donors (Lipinski definition) is 1. The van der Waals surface area contributed by atoms with Crippen molar-refractivity contribution in [3.05, 3.63) is 51.8 Å². The number of ether oxygens (including phenoxy) is 2. The lowest BCUT2D eigenvalue weighted by molar-refractivity contribution is 0.171. The van der Waals surface area contributed by atoms with Crippen molar-refractivity contribution in [3.8, 4) is 11.5 Å². The lowest BCUT2D eigenvalue weighted by atomic mass is 10.2. The van der Waals surface area contributed by atoms with Crippen LogP contribution in [0.1, 0.15) is 5.56 Å². The predicted octanol–water partition coefficient (Wildman–Crippen LogP) is 4.52. The zero-order chi connectivity index (χ0) is 14.8. The van der Waals surface area contributed by atoms with Gasteiger partial charge in [0.15, 0.2) is 11.5 Å². The van der Waals surface area contributed by atoms with E-state index in [1.165, 1.54) is 6.07 Å². The molecule has 0 amide bonds. The van der Waals surface area contributed by atoms with Crippen LogP contribution in [0.15, 0.2) is 30.3 Å². The number of anilines is 1. The van der Waals surface area contributed by atoms with E-state index < -0.39 is 0 Å². The normalized spacial score (nSPS) is 13.1. The van der Waals surface area contributed by atoms with E-state index in [1.54, 1.807) is 24.3 Å². The Bertz CT molecular complexity index is 659. The average Bonchev–Trinajstić information content (AvgIpc) is 2.47. The van der Waals surface area contributed by atoms with Crippen molar-refractivity contribution < 1.29 is 13.9 Å². The van der Waals surface area contributed by atoms with Gasteiger partial charge in [0.2, 0.25) is 0 Å². The third-order valence-corrected chi connectivity index (χ3v) is 3.82. The third-order valence-electron chi connectivity index (χ3n) is 3.15. The molecule has 2 aromatic carbocycles.